The van der Waals surface area contributed by atoms with Gasteiger partial charge in [0.15, 0.2) is 0 Å². The number of sulfone groups is 1. The molecule has 0 spiro atoms. The molecule has 0 fully saturated rings. The van der Waals surface area contributed by atoms with Gasteiger partial charge in [-0.3, -0.25) is 0 Å². The number of hydrogen-bond acceptors (Lipinski definition) is 4. The fourth-order valence-corrected chi connectivity index (χ4v) is 2.91. The smallest absolute Gasteiger partial charge is 0.216 e. The van der Waals surface area contributed by atoms with Crippen LogP contribution in [0.4, 0.5) is 0 Å². The molecule has 2 aromatic rings. The highest BCUT2D eigenvalue weighted by Gasteiger charge is 2.20. The van der Waals surface area contributed by atoms with Crippen LogP contribution in [0, 0.1) is 11.3 Å². The lowest BCUT2D eigenvalue weighted by atomic mass is 10.2. The van der Waals surface area contributed by atoms with Crippen molar-refractivity contribution in [3.05, 3.63) is 65.1 Å². The third kappa shape index (κ3) is 3.30. The zero-order chi connectivity index (χ0) is 15.3. The van der Waals surface area contributed by atoms with E-state index in [4.69, 9.17) is 10.00 Å². The van der Waals surface area contributed by atoms with E-state index < -0.39 is 9.84 Å². The number of rotatable bonds is 4. The van der Waals surface area contributed by atoms with Crippen molar-refractivity contribution >= 4 is 15.9 Å². The van der Waals surface area contributed by atoms with Crippen molar-refractivity contribution in [2.45, 2.75) is 4.90 Å². The molecule has 0 radical (unpaired) electrons. The van der Waals surface area contributed by atoms with E-state index in [1.165, 1.54) is 25.3 Å². The molecule has 0 unspecified atom stereocenters. The third-order valence-electron chi connectivity index (χ3n) is 2.87. The maximum absolute atomic E-state index is 12.4. The standard InChI is InChI=1S/C16H13NO3S/c1-20-14-7-9-15(10-8-14)21(18,19)16(12-17)11-13-5-3-2-4-6-13/h2-11H,1H3/b16-11+. The third-order valence-corrected chi connectivity index (χ3v) is 4.55. The number of allylic oxidation sites excluding steroid dienone is 1. The van der Waals surface area contributed by atoms with Gasteiger partial charge in [-0.15, -0.1) is 0 Å². The fourth-order valence-electron chi connectivity index (χ4n) is 1.75. The normalized spacial score (nSPS) is 11.7. The Morgan fingerprint density at radius 3 is 2.24 bits per heavy atom. The number of hydrogen-bond donors (Lipinski definition) is 0. The maximum Gasteiger partial charge on any atom is 0.216 e. The molecule has 0 aliphatic carbocycles. The molecule has 0 N–H and O–H groups in total. The van der Waals surface area contributed by atoms with Crippen molar-refractivity contribution in [1.29, 1.82) is 5.26 Å². The van der Waals surface area contributed by atoms with Crippen molar-refractivity contribution in [2.24, 2.45) is 0 Å². The summed E-state index contributed by atoms with van der Waals surface area (Å²) in [6.07, 6.45) is 1.36. The van der Waals surface area contributed by atoms with E-state index in [9.17, 15) is 8.42 Å². The molecule has 0 saturated carbocycles. The Morgan fingerprint density at radius 1 is 1.10 bits per heavy atom. The van der Waals surface area contributed by atoms with Crippen LogP contribution in [0.3, 0.4) is 0 Å². The van der Waals surface area contributed by atoms with Gasteiger partial charge in [-0.1, -0.05) is 30.3 Å². The second-order valence-electron chi connectivity index (χ2n) is 4.21. The van der Waals surface area contributed by atoms with Crippen LogP contribution < -0.4 is 4.74 Å². The molecule has 5 heteroatoms. The van der Waals surface area contributed by atoms with Gasteiger partial charge >= 0.3 is 0 Å². The predicted octanol–water partition coefficient (Wildman–Crippen LogP) is 3.03. The molecule has 0 heterocycles. The molecule has 0 atom stereocenters. The molecule has 21 heavy (non-hydrogen) atoms. The topological polar surface area (TPSA) is 67.2 Å². The summed E-state index contributed by atoms with van der Waals surface area (Å²) in [5.74, 6) is 0.555. The minimum Gasteiger partial charge on any atom is -0.497 e. The van der Waals surface area contributed by atoms with E-state index in [0.717, 1.165) is 0 Å². The molecule has 2 aromatic carbocycles. The van der Waals surface area contributed by atoms with Crippen LogP contribution in [0.1, 0.15) is 5.56 Å². The van der Waals surface area contributed by atoms with Gasteiger partial charge < -0.3 is 4.74 Å². The van der Waals surface area contributed by atoms with Gasteiger partial charge in [0.25, 0.3) is 0 Å². The quantitative estimate of drug-likeness (QED) is 0.814. The number of ether oxygens (including phenoxy) is 1. The lowest BCUT2D eigenvalue weighted by molar-refractivity contribution is 0.414. The van der Waals surface area contributed by atoms with Crippen LogP contribution in [0.15, 0.2) is 64.4 Å². The van der Waals surface area contributed by atoms with Crippen molar-refractivity contribution in [3.8, 4) is 11.8 Å². The Kier molecular flexibility index (Phi) is 4.41. The first-order chi connectivity index (χ1) is 10.1. The molecule has 0 aliphatic heterocycles. The van der Waals surface area contributed by atoms with Gasteiger partial charge in [0, 0.05) is 0 Å². The highest BCUT2D eigenvalue weighted by atomic mass is 32.2. The van der Waals surface area contributed by atoms with Gasteiger partial charge in [-0.05, 0) is 35.9 Å². The summed E-state index contributed by atoms with van der Waals surface area (Å²) in [6, 6.07) is 16.5. The van der Waals surface area contributed by atoms with Gasteiger partial charge in [0.05, 0.1) is 12.0 Å². The van der Waals surface area contributed by atoms with Crippen molar-refractivity contribution in [2.75, 3.05) is 7.11 Å². The van der Waals surface area contributed by atoms with Gasteiger partial charge in [0.2, 0.25) is 9.84 Å². The van der Waals surface area contributed by atoms with Gasteiger partial charge in [0.1, 0.15) is 16.7 Å². The minimum atomic E-state index is -3.83. The van der Waals surface area contributed by atoms with Crippen molar-refractivity contribution in [3.63, 3.8) is 0 Å². The molecule has 4 nitrogen and oxygen atoms in total. The SMILES string of the molecule is COc1ccc(S(=O)(=O)/C(C#N)=C/c2ccccc2)cc1. The van der Waals surface area contributed by atoms with Gasteiger partial charge in [-0.25, -0.2) is 8.42 Å². The zero-order valence-electron chi connectivity index (χ0n) is 11.4. The Bertz CT molecular complexity index is 786. The van der Waals surface area contributed by atoms with Crippen LogP contribution in [0.25, 0.3) is 6.08 Å². The average molecular weight is 299 g/mol. The number of methoxy groups -OCH3 is 1. The molecule has 2 rings (SSSR count). The first-order valence-corrected chi connectivity index (χ1v) is 7.62. The second-order valence-corrected chi connectivity index (χ2v) is 6.13. The van der Waals surface area contributed by atoms with Crippen molar-refractivity contribution in [1.82, 2.24) is 0 Å². The summed E-state index contributed by atoms with van der Waals surface area (Å²) >= 11 is 0. The predicted molar refractivity (Wildman–Crippen MR) is 80.2 cm³/mol. The van der Waals surface area contributed by atoms with E-state index in [2.05, 4.69) is 0 Å². The number of nitriles is 1. The fraction of sp³-hybridized carbons (Fsp3) is 0.0625. The first kappa shape index (κ1) is 14.8. The average Bonchev–Trinajstić information content (AvgIpc) is 2.53. The van der Waals surface area contributed by atoms with Crippen LogP contribution in [0.2, 0.25) is 0 Å². The van der Waals surface area contributed by atoms with E-state index in [-0.39, 0.29) is 9.80 Å². The minimum absolute atomic E-state index is 0.0621. The largest absolute Gasteiger partial charge is 0.497 e. The Balaban J connectivity index is 2.45. The molecule has 0 aromatic heterocycles. The molecule has 0 bridgehead atoms. The maximum atomic E-state index is 12.4. The van der Waals surface area contributed by atoms with Crippen LogP contribution in [0.5, 0.6) is 5.75 Å². The van der Waals surface area contributed by atoms with E-state index in [1.807, 2.05) is 6.07 Å². The van der Waals surface area contributed by atoms with E-state index in [1.54, 1.807) is 42.5 Å². The highest BCUT2D eigenvalue weighted by molar-refractivity contribution is 7.95. The Hall–Kier alpha value is -2.58. The molecular weight excluding hydrogens is 286 g/mol. The molecule has 0 aliphatic rings. The number of nitrogens with zero attached hydrogens (tertiary/aromatic N) is 1. The monoisotopic (exact) mass is 299 g/mol. The van der Waals surface area contributed by atoms with Crippen LogP contribution in [-0.4, -0.2) is 15.5 Å². The molecule has 0 amide bonds. The summed E-state index contributed by atoms with van der Waals surface area (Å²) in [5, 5.41) is 9.16. The Labute approximate surface area is 123 Å². The lowest BCUT2D eigenvalue weighted by Gasteiger charge is -2.04. The Morgan fingerprint density at radius 2 is 1.71 bits per heavy atom. The summed E-state index contributed by atoms with van der Waals surface area (Å²) < 4.78 is 29.9. The summed E-state index contributed by atoms with van der Waals surface area (Å²) in [7, 11) is -2.33. The molecular formula is C16H13NO3S. The second kappa shape index (κ2) is 6.25. The molecule has 0 saturated heterocycles. The first-order valence-electron chi connectivity index (χ1n) is 6.14. The highest BCUT2D eigenvalue weighted by Crippen LogP contribution is 2.23. The van der Waals surface area contributed by atoms with Crippen molar-refractivity contribution < 1.29 is 13.2 Å². The summed E-state index contributed by atoms with van der Waals surface area (Å²) in [6.45, 7) is 0. The summed E-state index contributed by atoms with van der Waals surface area (Å²) in [5.41, 5.74) is 0.658. The summed E-state index contributed by atoms with van der Waals surface area (Å²) in [4.78, 5) is -0.231. The van der Waals surface area contributed by atoms with E-state index >= 15 is 0 Å². The van der Waals surface area contributed by atoms with Crippen LogP contribution >= 0.6 is 0 Å². The van der Waals surface area contributed by atoms with Gasteiger partial charge in [-0.2, -0.15) is 5.26 Å². The number of benzene rings is 2. The zero-order valence-corrected chi connectivity index (χ0v) is 12.2. The lowest BCUT2D eigenvalue weighted by Crippen LogP contribution is -2.03. The van der Waals surface area contributed by atoms with Crippen LogP contribution in [-0.2, 0) is 9.84 Å². The van der Waals surface area contributed by atoms with E-state index in [0.29, 0.717) is 11.3 Å². The molecule has 106 valence electrons.